The average Bonchev–Trinajstić information content (AvgIpc) is 2.40. The number of pyridine rings is 1. The first-order chi connectivity index (χ1) is 8.65. The van der Waals surface area contributed by atoms with E-state index < -0.39 is 11.4 Å². The minimum absolute atomic E-state index is 0.200. The van der Waals surface area contributed by atoms with Crippen LogP contribution < -0.4 is 5.32 Å². The summed E-state index contributed by atoms with van der Waals surface area (Å²) in [6, 6.07) is 1.16. The molecule has 0 spiro atoms. The van der Waals surface area contributed by atoms with Gasteiger partial charge in [-0.1, -0.05) is 0 Å². The summed E-state index contributed by atoms with van der Waals surface area (Å²) in [5.41, 5.74) is -0.269. The monoisotopic (exact) mass is 272 g/mol. The van der Waals surface area contributed by atoms with Gasteiger partial charge >= 0.3 is 0 Å². The number of hydrogen-bond donors (Lipinski definition) is 1. The fourth-order valence-electron chi connectivity index (χ4n) is 1.90. The second-order valence-electron chi connectivity index (χ2n) is 4.37. The number of hydrogen-bond acceptors (Lipinski definition) is 3. The van der Waals surface area contributed by atoms with Gasteiger partial charge in [0, 0.05) is 25.3 Å². The third-order valence-electron chi connectivity index (χ3n) is 3.05. The van der Waals surface area contributed by atoms with E-state index >= 15 is 0 Å². The Kier molecular flexibility index (Phi) is 4.14. The molecule has 2 heterocycles. The summed E-state index contributed by atoms with van der Waals surface area (Å²) in [6.45, 7) is 1.13. The number of ether oxygens (including phenoxy) is 1. The highest BCUT2D eigenvalue weighted by Gasteiger charge is 2.33. The van der Waals surface area contributed by atoms with Gasteiger partial charge in [-0.3, -0.25) is 9.78 Å². The van der Waals surface area contributed by atoms with Gasteiger partial charge in [-0.25, -0.2) is 4.39 Å². The molecule has 1 aromatic heterocycles. The van der Waals surface area contributed by atoms with Gasteiger partial charge in [0.25, 0.3) is 5.91 Å². The third-order valence-corrected chi connectivity index (χ3v) is 3.56. The predicted molar refractivity (Wildman–Crippen MR) is 65.2 cm³/mol. The fourth-order valence-corrected chi connectivity index (χ4v) is 2.24. The molecule has 0 bridgehead atoms. The highest BCUT2D eigenvalue weighted by atomic mass is 35.5. The first kappa shape index (κ1) is 13.2. The Morgan fingerprint density at radius 2 is 2.22 bits per heavy atom. The standard InChI is InChI=1S/C12H14ClFN2O2/c13-8-12(1-3-18-4-2-12)16-11(17)9-5-10(14)7-15-6-9/h5-7H,1-4,8H2,(H,16,17). The van der Waals surface area contributed by atoms with E-state index in [0.29, 0.717) is 31.9 Å². The van der Waals surface area contributed by atoms with Crippen LogP contribution in [0, 0.1) is 5.82 Å². The number of aromatic nitrogens is 1. The second kappa shape index (κ2) is 5.63. The van der Waals surface area contributed by atoms with Crippen molar-refractivity contribution in [1.82, 2.24) is 10.3 Å². The van der Waals surface area contributed by atoms with Crippen LogP contribution in [0.25, 0.3) is 0 Å². The lowest BCUT2D eigenvalue weighted by atomic mass is 9.92. The maximum Gasteiger partial charge on any atom is 0.253 e. The van der Waals surface area contributed by atoms with Crippen LogP contribution in [-0.4, -0.2) is 35.5 Å². The van der Waals surface area contributed by atoms with Crippen LogP contribution in [0.5, 0.6) is 0 Å². The van der Waals surface area contributed by atoms with Crippen molar-refractivity contribution in [2.75, 3.05) is 19.1 Å². The van der Waals surface area contributed by atoms with E-state index in [9.17, 15) is 9.18 Å². The molecular weight excluding hydrogens is 259 g/mol. The van der Waals surface area contributed by atoms with Crippen LogP contribution in [0.2, 0.25) is 0 Å². The molecule has 18 heavy (non-hydrogen) atoms. The number of carbonyl (C=O) groups excluding carboxylic acids is 1. The zero-order chi connectivity index (χ0) is 13.0. The molecule has 1 amide bonds. The van der Waals surface area contributed by atoms with Crippen LogP contribution in [-0.2, 0) is 4.74 Å². The number of carbonyl (C=O) groups is 1. The zero-order valence-corrected chi connectivity index (χ0v) is 10.5. The van der Waals surface area contributed by atoms with Crippen LogP contribution in [0.3, 0.4) is 0 Å². The Hall–Kier alpha value is -1.20. The molecule has 6 heteroatoms. The van der Waals surface area contributed by atoms with E-state index in [2.05, 4.69) is 10.3 Å². The second-order valence-corrected chi connectivity index (χ2v) is 4.64. The van der Waals surface area contributed by atoms with Crippen LogP contribution >= 0.6 is 11.6 Å². The Labute approximate surface area is 109 Å². The molecule has 0 saturated carbocycles. The molecule has 0 unspecified atom stereocenters. The van der Waals surface area contributed by atoms with Gasteiger partial charge in [0.1, 0.15) is 5.82 Å². The summed E-state index contributed by atoms with van der Waals surface area (Å²) in [5.74, 6) is -0.579. The number of rotatable bonds is 3. The highest BCUT2D eigenvalue weighted by Crippen LogP contribution is 2.22. The quantitative estimate of drug-likeness (QED) is 0.853. The topological polar surface area (TPSA) is 51.2 Å². The third kappa shape index (κ3) is 2.97. The lowest BCUT2D eigenvalue weighted by Crippen LogP contribution is -2.53. The minimum atomic E-state index is -0.533. The van der Waals surface area contributed by atoms with E-state index in [4.69, 9.17) is 16.3 Å². The molecule has 98 valence electrons. The molecule has 0 aliphatic carbocycles. The lowest BCUT2D eigenvalue weighted by Gasteiger charge is -2.36. The number of halogens is 2. The fraction of sp³-hybridized carbons (Fsp3) is 0.500. The summed E-state index contributed by atoms with van der Waals surface area (Å²) in [6.07, 6.45) is 3.71. The van der Waals surface area contributed by atoms with Gasteiger partial charge < -0.3 is 10.1 Å². The number of nitrogens with zero attached hydrogens (tertiary/aromatic N) is 1. The van der Waals surface area contributed by atoms with Gasteiger partial charge in [0.15, 0.2) is 0 Å². The van der Waals surface area contributed by atoms with Crippen molar-refractivity contribution >= 4 is 17.5 Å². The van der Waals surface area contributed by atoms with Crippen molar-refractivity contribution in [3.8, 4) is 0 Å². The molecule has 1 aromatic rings. The molecule has 4 nitrogen and oxygen atoms in total. The van der Waals surface area contributed by atoms with Crippen molar-refractivity contribution in [2.45, 2.75) is 18.4 Å². The van der Waals surface area contributed by atoms with Crippen molar-refractivity contribution in [1.29, 1.82) is 0 Å². The number of nitrogens with one attached hydrogen (secondary N) is 1. The molecule has 0 atom stereocenters. The summed E-state index contributed by atoms with van der Waals surface area (Å²) >= 11 is 5.94. The Bertz CT molecular complexity index is 436. The molecular formula is C12H14ClFN2O2. The molecule has 2 rings (SSSR count). The normalized spacial score (nSPS) is 18.3. The lowest BCUT2D eigenvalue weighted by molar-refractivity contribution is 0.0433. The van der Waals surface area contributed by atoms with Gasteiger partial charge in [-0.15, -0.1) is 11.6 Å². The first-order valence-corrected chi connectivity index (χ1v) is 6.25. The summed E-state index contributed by atoms with van der Waals surface area (Å²) < 4.78 is 18.2. The van der Waals surface area contributed by atoms with Gasteiger partial charge in [-0.05, 0) is 18.9 Å². The van der Waals surface area contributed by atoms with Crippen LogP contribution in [0.1, 0.15) is 23.2 Å². The van der Waals surface area contributed by atoms with Crippen molar-refractivity contribution < 1.29 is 13.9 Å². The highest BCUT2D eigenvalue weighted by molar-refractivity contribution is 6.19. The predicted octanol–water partition coefficient (Wildman–Crippen LogP) is 1.74. The van der Waals surface area contributed by atoms with E-state index in [1.54, 1.807) is 0 Å². The van der Waals surface area contributed by atoms with E-state index in [-0.39, 0.29) is 11.5 Å². The average molecular weight is 273 g/mol. The largest absolute Gasteiger partial charge is 0.381 e. The smallest absolute Gasteiger partial charge is 0.253 e. The van der Waals surface area contributed by atoms with Crippen LogP contribution in [0.4, 0.5) is 4.39 Å². The molecule has 1 fully saturated rings. The zero-order valence-electron chi connectivity index (χ0n) is 9.79. The van der Waals surface area contributed by atoms with E-state index in [0.717, 1.165) is 12.3 Å². The van der Waals surface area contributed by atoms with Crippen molar-refractivity contribution in [3.63, 3.8) is 0 Å². The first-order valence-electron chi connectivity index (χ1n) is 5.72. The Morgan fingerprint density at radius 3 is 2.83 bits per heavy atom. The number of alkyl halides is 1. The molecule has 0 radical (unpaired) electrons. The summed E-state index contributed by atoms with van der Waals surface area (Å²) in [7, 11) is 0. The van der Waals surface area contributed by atoms with E-state index in [1.807, 2.05) is 0 Å². The summed E-state index contributed by atoms with van der Waals surface area (Å²) in [5, 5.41) is 2.87. The van der Waals surface area contributed by atoms with Crippen molar-refractivity contribution in [3.05, 3.63) is 29.8 Å². The van der Waals surface area contributed by atoms with Crippen molar-refractivity contribution in [2.24, 2.45) is 0 Å². The minimum Gasteiger partial charge on any atom is -0.381 e. The van der Waals surface area contributed by atoms with E-state index in [1.165, 1.54) is 6.20 Å². The SMILES string of the molecule is O=C(NC1(CCl)CCOCC1)c1cncc(F)c1. The van der Waals surface area contributed by atoms with Gasteiger partial charge in [0.05, 0.1) is 17.3 Å². The molecule has 1 aliphatic heterocycles. The maximum absolute atomic E-state index is 13.0. The van der Waals surface area contributed by atoms with Gasteiger partial charge in [0.2, 0.25) is 0 Å². The Balaban J connectivity index is 2.10. The molecule has 0 aromatic carbocycles. The molecule has 1 aliphatic rings. The Morgan fingerprint density at radius 1 is 1.50 bits per heavy atom. The van der Waals surface area contributed by atoms with Crippen LogP contribution in [0.15, 0.2) is 18.5 Å². The number of amides is 1. The summed E-state index contributed by atoms with van der Waals surface area (Å²) in [4.78, 5) is 15.7. The van der Waals surface area contributed by atoms with Gasteiger partial charge in [-0.2, -0.15) is 0 Å². The molecule has 1 N–H and O–H groups in total. The molecule has 1 saturated heterocycles. The maximum atomic E-state index is 13.0.